The van der Waals surface area contributed by atoms with Gasteiger partial charge in [0.1, 0.15) is 5.75 Å². The topological polar surface area (TPSA) is 21.3 Å². The average Bonchev–Trinajstić information content (AvgIpc) is 2.40. The predicted molar refractivity (Wildman–Crippen MR) is 77.7 cm³/mol. The quantitative estimate of drug-likeness (QED) is 0.768. The summed E-state index contributed by atoms with van der Waals surface area (Å²) in [6.07, 6.45) is 7.79. The predicted octanol–water partition coefficient (Wildman–Crippen LogP) is 3.74. The van der Waals surface area contributed by atoms with Crippen LogP contribution in [0.4, 0.5) is 0 Å². The summed E-state index contributed by atoms with van der Waals surface area (Å²) < 4.78 is 5.23. The van der Waals surface area contributed by atoms with Gasteiger partial charge in [-0.3, -0.25) is 0 Å². The van der Waals surface area contributed by atoms with Gasteiger partial charge in [0.2, 0.25) is 0 Å². The lowest BCUT2D eigenvalue weighted by atomic mass is 10.1. The van der Waals surface area contributed by atoms with Crippen molar-refractivity contribution in [1.82, 2.24) is 5.32 Å². The smallest absolute Gasteiger partial charge is 0.119 e. The first-order chi connectivity index (χ1) is 8.71. The molecule has 2 heteroatoms. The maximum atomic E-state index is 5.23. The highest BCUT2D eigenvalue weighted by atomic mass is 16.5. The molecule has 0 saturated carbocycles. The van der Waals surface area contributed by atoms with Crippen molar-refractivity contribution >= 4 is 0 Å². The Balaban J connectivity index is 2.75. The van der Waals surface area contributed by atoms with Crippen molar-refractivity contribution in [2.75, 3.05) is 7.11 Å². The van der Waals surface area contributed by atoms with Crippen LogP contribution in [0.15, 0.2) is 54.8 Å². The van der Waals surface area contributed by atoms with E-state index >= 15 is 0 Å². The Morgan fingerprint density at radius 3 is 2.83 bits per heavy atom. The first-order valence-corrected chi connectivity index (χ1v) is 6.04. The second kappa shape index (κ2) is 7.38. The molecule has 96 valence electrons. The fourth-order valence-electron chi connectivity index (χ4n) is 1.56. The van der Waals surface area contributed by atoms with Crippen molar-refractivity contribution in [3.63, 3.8) is 0 Å². The van der Waals surface area contributed by atoms with Gasteiger partial charge < -0.3 is 10.1 Å². The molecule has 0 aliphatic rings. The van der Waals surface area contributed by atoms with Crippen LogP contribution in [0.2, 0.25) is 0 Å². The Bertz CT molecular complexity index is 458. The van der Waals surface area contributed by atoms with E-state index in [1.54, 1.807) is 7.11 Å². The third-order valence-corrected chi connectivity index (χ3v) is 2.73. The number of allylic oxidation sites excluding steroid dienone is 4. The molecule has 1 N–H and O–H groups in total. The minimum absolute atomic E-state index is 0.762. The maximum absolute atomic E-state index is 5.23. The zero-order valence-corrected chi connectivity index (χ0v) is 11.4. The van der Waals surface area contributed by atoms with Crippen molar-refractivity contribution in [2.45, 2.75) is 20.4 Å². The van der Waals surface area contributed by atoms with E-state index < -0.39 is 0 Å². The fourth-order valence-corrected chi connectivity index (χ4v) is 1.56. The highest BCUT2D eigenvalue weighted by Gasteiger charge is 2.00. The van der Waals surface area contributed by atoms with E-state index in [0.29, 0.717) is 0 Å². The number of rotatable bonds is 6. The highest BCUT2D eigenvalue weighted by Crippen LogP contribution is 2.17. The zero-order chi connectivity index (χ0) is 13.4. The molecule has 0 aromatic heterocycles. The monoisotopic (exact) mass is 243 g/mol. The SMILES string of the molecule is C=C/C(=C\C=C/C)NCc1cc(OC)ccc1C. The molecule has 0 amide bonds. The third kappa shape index (κ3) is 4.13. The minimum Gasteiger partial charge on any atom is -0.497 e. The van der Waals surface area contributed by atoms with Crippen LogP contribution in [-0.2, 0) is 6.54 Å². The summed E-state index contributed by atoms with van der Waals surface area (Å²) in [7, 11) is 1.68. The normalized spacial score (nSPS) is 11.6. The molecule has 18 heavy (non-hydrogen) atoms. The lowest BCUT2D eigenvalue weighted by Gasteiger charge is -2.11. The first-order valence-electron chi connectivity index (χ1n) is 6.04. The molecule has 0 radical (unpaired) electrons. The van der Waals surface area contributed by atoms with Gasteiger partial charge in [-0.15, -0.1) is 0 Å². The Labute approximate surface area is 110 Å². The molecule has 2 nitrogen and oxygen atoms in total. The van der Waals surface area contributed by atoms with E-state index in [-0.39, 0.29) is 0 Å². The van der Waals surface area contributed by atoms with Gasteiger partial charge in [0.05, 0.1) is 7.11 Å². The Kier molecular flexibility index (Phi) is 5.78. The van der Waals surface area contributed by atoms with E-state index in [2.05, 4.69) is 31.0 Å². The Morgan fingerprint density at radius 1 is 1.44 bits per heavy atom. The average molecular weight is 243 g/mol. The van der Waals surface area contributed by atoms with Gasteiger partial charge in [0, 0.05) is 12.2 Å². The van der Waals surface area contributed by atoms with E-state index in [1.165, 1.54) is 11.1 Å². The summed E-state index contributed by atoms with van der Waals surface area (Å²) in [5.41, 5.74) is 3.48. The van der Waals surface area contributed by atoms with Crippen molar-refractivity contribution < 1.29 is 4.74 Å². The van der Waals surface area contributed by atoms with Crippen LogP contribution in [0.5, 0.6) is 5.75 Å². The molecule has 0 bridgehead atoms. The van der Waals surface area contributed by atoms with Crippen LogP contribution < -0.4 is 10.1 Å². The molecular weight excluding hydrogens is 222 g/mol. The molecule has 0 aliphatic carbocycles. The Morgan fingerprint density at radius 2 is 2.22 bits per heavy atom. The van der Waals surface area contributed by atoms with Crippen LogP contribution in [0.25, 0.3) is 0 Å². The van der Waals surface area contributed by atoms with Gasteiger partial charge in [-0.05, 0) is 49.3 Å². The Hall–Kier alpha value is -1.96. The van der Waals surface area contributed by atoms with E-state index in [0.717, 1.165) is 18.0 Å². The standard InChI is InChI=1S/C16H21NO/c1-5-7-8-15(6-2)17-12-14-11-16(18-4)10-9-13(14)3/h5-11,17H,2,12H2,1,3-4H3/b7-5-,15-8+. The van der Waals surface area contributed by atoms with Gasteiger partial charge in [-0.2, -0.15) is 0 Å². The summed E-state index contributed by atoms with van der Waals surface area (Å²) in [6.45, 7) is 8.64. The maximum Gasteiger partial charge on any atom is 0.119 e. The number of ether oxygens (including phenoxy) is 1. The molecule has 0 saturated heterocycles. The highest BCUT2D eigenvalue weighted by molar-refractivity contribution is 5.35. The summed E-state index contributed by atoms with van der Waals surface area (Å²) in [5, 5.41) is 3.35. The van der Waals surface area contributed by atoms with E-state index in [4.69, 9.17) is 4.74 Å². The van der Waals surface area contributed by atoms with Gasteiger partial charge in [-0.25, -0.2) is 0 Å². The largest absolute Gasteiger partial charge is 0.497 e. The number of aryl methyl sites for hydroxylation is 1. The lowest BCUT2D eigenvalue weighted by Crippen LogP contribution is -2.12. The van der Waals surface area contributed by atoms with Crippen LogP contribution in [0.1, 0.15) is 18.1 Å². The molecule has 1 rings (SSSR count). The summed E-state index contributed by atoms with van der Waals surface area (Å²) in [5.74, 6) is 0.884. The van der Waals surface area contributed by atoms with Gasteiger partial charge in [0.15, 0.2) is 0 Å². The molecular formula is C16H21NO. The number of nitrogens with one attached hydrogen (secondary N) is 1. The molecule has 0 heterocycles. The molecule has 1 aromatic carbocycles. The second-order valence-corrected chi connectivity index (χ2v) is 4.00. The minimum atomic E-state index is 0.762. The van der Waals surface area contributed by atoms with Crippen molar-refractivity contribution in [3.05, 3.63) is 65.9 Å². The van der Waals surface area contributed by atoms with Crippen molar-refractivity contribution in [2.24, 2.45) is 0 Å². The number of hydrogen-bond donors (Lipinski definition) is 1. The molecule has 0 atom stereocenters. The first kappa shape index (κ1) is 14.1. The molecule has 1 aromatic rings. The van der Waals surface area contributed by atoms with Gasteiger partial charge >= 0.3 is 0 Å². The van der Waals surface area contributed by atoms with E-state index in [1.807, 2.05) is 37.3 Å². The van der Waals surface area contributed by atoms with Crippen LogP contribution in [-0.4, -0.2) is 7.11 Å². The van der Waals surface area contributed by atoms with Crippen molar-refractivity contribution in [1.29, 1.82) is 0 Å². The number of methoxy groups -OCH3 is 1. The molecule has 0 aliphatic heterocycles. The molecule has 0 spiro atoms. The number of hydrogen-bond acceptors (Lipinski definition) is 2. The molecule has 0 fully saturated rings. The van der Waals surface area contributed by atoms with Crippen molar-refractivity contribution in [3.8, 4) is 5.75 Å². The number of benzene rings is 1. The van der Waals surface area contributed by atoms with Crippen LogP contribution in [0, 0.1) is 6.92 Å². The van der Waals surface area contributed by atoms with Gasteiger partial charge in [0.25, 0.3) is 0 Å². The second-order valence-electron chi connectivity index (χ2n) is 4.00. The zero-order valence-electron chi connectivity index (χ0n) is 11.4. The van der Waals surface area contributed by atoms with E-state index in [9.17, 15) is 0 Å². The fraction of sp³-hybridized carbons (Fsp3) is 0.250. The molecule has 0 unspecified atom stereocenters. The van der Waals surface area contributed by atoms with Gasteiger partial charge in [-0.1, -0.05) is 24.8 Å². The summed E-state index contributed by atoms with van der Waals surface area (Å²) >= 11 is 0. The lowest BCUT2D eigenvalue weighted by molar-refractivity contribution is 0.414. The third-order valence-electron chi connectivity index (χ3n) is 2.73. The van der Waals surface area contributed by atoms with Crippen LogP contribution in [0.3, 0.4) is 0 Å². The summed E-state index contributed by atoms with van der Waals surface area (Å²) in [4.78, 5) is 0. The van der Waals surface area contributed by atoms with Crippen LogP contribution >= 0.6 is 0 Å². The summed E-state index contributed by atoms with van der Waals surface area (Å²) in [6, 6.07) is 6.10.